The van der Waals surface area contributed by atoms with Crippen molar-refractivity contribution in [1.29, 1.82) is 0 Å². The highest BCUT2D eigenvalue weighted by Crippen LogP contribution is 2.34. The molecule has 1 amide bonds. The molecule has 1 aromatic heterocycles. The van der Waals surface area contributed by atoms with Crippen LogP contribution in [0.1, 0.15) is 35.5 Å². The van der Waals surface area contributed by atoms with Gasteiger partial charge in [-0.3, -0.25) is 4.79 Å². The fourth-order valence-corrected chi connectivity index (χ4v) is 2.58. The van der Waals surface area contributed by atoms with Crippen LogP contribution in [0.5, 0.6) is 11.5 Å². The third-order valence-electron chi connectivity index (χ3n) is 4.13. The summed E-state index contributed by atoms with van der Waals surface area (Å²) < 4.78 is 16.4. The fraction of sp³-hybridized carbons (Fsp3) is 0.389. The highest BCUT2D eigenvalue weighted by molar-refractivity contribution is 5.94. The lowest BCUT2D eigenvalue weighted by Crippen LogP contribution is -2.36. The average molecular weight is 367 g/mol. The Morgan fingerprint density at radius 2 is 1.92 bits per heavy atom. The Kier molecular flexibility index (Phi) is 5.98. The molecule has 6 nitrogen and oxygen atoms in total. The second kappa shape index (κ2) is 7.80. The topological polar surface area (TPSA) is 86.7 Å². The number of nitrogens with two attached hydrogens (primary N) is 1. The Morgan fingerprint density at radius 1 is 1.20 bits per heavy atom. The zero-order chi connectivity index (χ0) is 17.2. The summed E-state index contributed by atoms with van der Waals surface area (Å²) in [5, 5.41) is 2.94. The van der Waals surface area contributed by atoms with Crippen molar-refractivity contribution in [2.75, 3.05) is 19.8 Å². The molecule has 0 fully saturated rings. The minimum absolute atomic E-state index is 0. The highest BCUT2D eigenvalue weighted by atomic mass is 35.5. The molecular formula is C18H23ClN2O4. The van der Waals surface area contributed by atoms with E-state index in [0.717, 1.165) is 17.1 Å². The molecule has 0 aliphatic carbocycles. The molecule has 7 heteroatoms. The molecule has 25 heavy (non-hydrogen) atoms. The molecule has 3 N–H and O–H groups in total. The lowest BCUT2D eigenvalue weighted by Gasteiger charge is -2.27. The van der Waals surface area contributed by atoms with Gasteiger partial charge in [0.2, 0.25) is 0 Å². The molecular weight excluding hydrogens is 344 g/mol. The van der Waals surface area contributed by atoms with Crippen molar-refractivity contribution in [3.05, 3.63) is 47.4 Å². The number of rotatable bonds is 5. The first-order valence-corrected chi connectivity index (χ1v) is 7.95. The maximum atomic E-state index is 12.2. The molecule has 2 heterocycles. The van der Waals surface area contributed by atoms with Gasteiger partial charge in [-0.1, -0.05) is 19.9 Å². The molecule has 1 aliphatic rings. The number of carbonyl (C=O) groups is 1. The van der Waals surface area contributed by atoms with Crippen molar-refractivity contribution in [1.82, 2.24) is 5.32 Å². The second-order valence-electron chi connectivity index (χ2n) is 6.43. The monoisotopic (exact) mass is 366 g/mol. The summed E-state index contributed by atoms with van der Waals surface area (Å²) in [6.45, 7) is 6.02. The van der Waals surface area contributed by atoms with Gasteiger partial charge in [0.05, 0.1) is 12.1 Å². The number of furan rings is 1. The van der Waals surface area contributed by atoms with E-state index < -0.39 is 0 Å². The summed E-state index contributed by atoms with van der Waals surface area (Å²) in [6, 6.07) is 7.55. The SMILES string of the molecule is CC(C)(CNC(=O)c1coc(CN)c1)c1ccc2c(c1)OCCO2.Cl. The molecule has 1 aliphatic heterocycles. The van der Waals surface area contributed by atoms with Crippen LogP contribution >= 0.6 is 12.4 Å². The van der Waals surface area contributed by atoms with E-state index in [1.165, 1.54) is 6.26 Å². The zero-order valence-electron chi connectivity index (χ0n) is 14.3. The minimum atomic E-state index is -0.258. The Bertz CT molecular complexity index is 742. The van der Waals surface area contributed by atoms with Gasteiger partial charge < -0.3 is 24.9 Å². The average Bonchev–Trinajstić information content (AvgIpc) is 3.08. The number of ether oxygens (including phenoxy) is 2. The molecule has 136 valence electrons. The smallest absolute Gasteiger partial charge is 0.254 e. The van der Waals surface area contributed by atoms with Crippen LogP contribution in [0, 0.1) is 0 Å². The van der Waals surface area contributed by atoms with Crippen molar-refractivity contribution >= 4 is 18.3 Å². The molecule has 0 saturated carbocycles. The molecule has 0 atom stereocenters. The van der Waals surface area contributed by atoms with Crippen molar-refractivity contribution in [3.8, 4) is 11.5 Å². The van der Waals surface area contributed by atoms with Crippen LogP contribution in [0.4, 0.5) is 0 Å². The lowest BCUT2D eigenvalue weighted by atomic mass is 9.84. The predicted octanol–water partition coefficient (Wildman–Crippen LogP) is 2.64. The summed E-state index contributed by atoms with van der Waals surface area (Å²) in [5.74, 6) is 1.92. The number of nitrogens with one attached hydrogen (secondary N) is 1. The molecule has 0 bridgehead atoms. The summed E-state index contributed by atoms with van der Waals surface area (Å²) in [7, 11) is 0. The Morgan fingerprint density at radius 3 is 2.60 bits per heavy atom. The van der Waals surface area contributed by atoms with Crippen molar-refractivity contribution in [2.24, 2.45) is 5.73 Å². The summed E-state index contributed by atoms with van der Waals surface area (Å²) in [6.07, 6.45) is 1.43. The van der Waals surface area contributed by atoms with E-state index in [2.05, 4.69) is 19.2 Å². The first-order chi connectivity index (χ1) is 11.5. The Balaban J connectivity index is 0.00000225. The summed E-state index contributed by atoms with van der Waals surface area (Å²) in [4.78, 5) is 12.2. The third kappa shape index (κ3) is 4.27. The van der Waals surface area contributed by atoms with E-state index in [9.17, 15) is 4.79 Å². The predicted molar refractivity (Wildman–Crippen MR) is 96.6 cm³/mol. The third-order valence-corrected chi connectivity index (χ3v) is 4.13. The summed E-state index contributed by atoms with van der Waals surface area (Å²) in [5.41, 5.74) is 6.78. The van der Waals surface area contributed by atoms with Crippen LogP contribution in [-0.4, -0.2) is 25.7 Å². The van der Waals surface area contributed by atoms with Gasteiger partial charge in [-0.25, -0.2) is 0 Å². The number of fused-ring (bicyclic) bond motifs is 1. The van der Waals surface area contributed by atoms with Gasteiger partial charge in [0.25, 0.3) is 5.91 Å². The van der Waals surface area contributed by atoms with E-state index in [0.29, 0.717) is 31.1 Å². The quantitative estimate of drug-likeness (QED) is 0.849. The standard InChI is InChI=1S/C18H22N2O4.ClH/c1-18(2,11-20-17(21)12-7-14(9-19)24-10-12)13-3-4-15-16(8-13)23-6-5-22-15;/h3-4,7-8,10H,5-6,9,11,19H2,1-2H3,(H,20,21);1H. The Hall–Kier alpha value is -2.18. The first-order valence-electron chi connectivity index (χ1n) is 7.95. The molecule has 0 spiro atoms. The van der Waals surface area contributed by atoms with Crippen molar-refractivity contribution in [3.63, 3.8) is 0 Å². The maximum absolute atomic E-state index is 12.2. The number of hydrogen-bond donors (Lipinski definition) is 2. The number of halogens is 1. The van der Waals surface area contributed by atoms with Crippen molar-refractivity contribution < 1.29 is 18.7 Å². The molecule has 0 radical (unpaired) electrons. The van der Waals surface area contributed by atoms with Gasteiger partial charge in [0.15, 0.2) is 11.5 Å². The molecule has 3 rings (SSSR count). The lowest BCUT2D eigenvalue weighted by molar-refractivity contribution is 0.0945. The van der Waals surface area contributed by atoms with Gasteiger partial charge in [0.1, 0.15) is 25.2 Å². The van der Waals surface area contributed by atoms with E-state index in [1.54, 1.807) is 6.07 Å². The Labute approximate surface area is 153 Å². The van der Waals surface area contributed by atoms with E-state index >= 15 is 0 Å². The van der Waals surface area contributed by atoms with Gasteiger partial charge >= 0.3 is 0 Å². The summed E-state index contributed by atoms with van der Waals surface area (Å²) >= 11 is 0. The minimum Gasteiger partial charge on any atom is -0.486 e. The van der Waals surface area contributed by atoms with Gasteiger partial charge in [0, 0.05) is 12.0 Å². The molecule has 0 saturated heterocycles. The molecule has 1 aromatic carbocycles. The number of carbonyl (C=O) groups excluding carboxylic acids is 1. The van der Waals surface area contributed by atoms with Crippen LogP contribution in [0.3, 0.4) is 0 Å². The second-order valence-corrected chi connectivity index (χ2v) is 6.43. The van der Waals surface area contributed by atoms with Crippen LogP contribution in [0.2, 0.25) is 0 Å². The van der Waals surface area contributed by atoms with E-state index in [4.69, 9.17) is 19.6 Å². The van der Waals surface area contributed by atoms with Gasteiger partial charge in [-0.15, -0.1) is 12.4 Å². The van der Waals surface area contributed by atoms with Crippen LogP contribution in [0.25, 0.3) is 0 Å². The molecule has 0 unspecified atom stereocenters. The van der Waals surface area contributed by atoms with Crippen LogP contribution < -0.4 is 20.5 Å². The fourth-order valence-electron chi connectivity index (χ4n) is 2.58. The van der Waals surface area contributed by atoms with Crippen molar-refractivity contribution in [2.45, 2.75) is 25.8 Å². The number of amides is 1. The zero-order valence-corrected chi connectivity index (χ0v) is 15.2. The van der Waals surface area contributed by atoms with Gasteiger partial charge in [-0.2, -0.15) is 0 Å². The largest absolute Gasteiger partial charge is 0.486 e. The number of hydrogen-bond acceptors (Lipinski definition) is 5. The highest BCUT2D eigenvalue weighted by Gasteiger charge is 2.24. The van der Waals surface area contributed by atoms with Gasteiger partial charge in [-0.05, 0) is 23.8 Å². The number of benzene rings is 1. The first kappa shape index (κ1) is 19.1. The normalized spacial score (nSPS) is 13.1. The van der Waals surface area contributed by atoms with Crippen LogP contribution in [0.15, 0.2) is 34.9 Å². The van der Waals surface area contributed by atoms with Crippen LogP contribution in [-0.2, 0) is 12.0 Å². The van der Waals surface area contributed by atoms with E-state index in [-0.39, 0.29) is 30.3 Å². The molecule has 2 aromatic rings. The van der Waals surface area contributed by atoms with E-state index in [1.807, 2.05) is 18.2 Å². The maximum Gasteiger partial charge on any atom is 0.254 e.